The van der Waals surface area contributed by atoms with Crippen molar-refractivity contribution in [2.45, 2.75) is 12.8 Å². The lowest BCUT2D eigenvalue weighted by Gasteiger charge is -2.13. The molecule has 2 aromatic rings. The van der Waals surface area contributed by atoms with Gasteiger partial charge in [0.25, 0.3) is 5.91 Å². The summed E-state index contributed by atoms with van der Waals surface area (Å²) < 4.78 is 66.6. The van der Waals surface area contributed by atoms with Crippen molar-refractivity contribution in [3.05, 3.63) is 70.0 Å². The van der Waals surface area contributed by atoms with Crippen LogP contribution in [0.4, 0.5) is 22.0 Å². The third-order valence-corrected chi connectivity index (χ3v) is 3.73. The zero-order valence-corrected chi connectivity index (χ0v) is 13.4. The number of halogens is 5. The first-order valence-corrected chi connectivity index (χ1v) is 7.19. The van der Waals surface area contributed by atoms with Gasteiger partial charge in [-0.25, -0.2) is 27.0 Å². The molecule has 0 N–H and O–H groups in total. The monoisotopic (exact) mass is 359 g/mol. The van der Waals surface area contributed by atoms with E-state index in [1.165, 1.54) is 38.4 Å². The largest absolute Gasteiger partial charge is 0.277 e. The maximum Gasteiger partial charge on any atom is 0.277 e. The molecule has 1 amide bonds. The molecular formula is C17H14F5NO2. The molecule has 0 saturated carbocycles. The van der Waals surface area contributed by atoms with Gasteiger partial charge in [-0.2, -0.15) is 0 Å². The van der Waals surface area contributed by atoms with Gasteiger partial charge >= 0.3 is 0 Å². The Morgan fingerprint density at radius 2 is 1.36 bits per heavy atom. The second kappa shape index (κ2) is 7.60. The van der Waals surface area contributed by atoms with Crippen LogP contribution in [0.25, 0.3) is 0 Å². The molecule has 0 aliphatic carbocycles. The number of aryl methyl sites for hydroxylation is 1. The summed E-state index contributed by atoms with van der Waals surface area (Å²) in [6.45, 7) is 0. The summed E-state index contributed by atoms with van der Waals surface area (Å²) in [5.41, 5.74) is 0.0283. The minimum atomic E-state index is -2.18. The molecule has 0 aromatic heterocycles. The normalized spacial score (nSPS) is 10.8. The van der Waals surface area contributed by atoms with E-state index in [0.717, 1.165) is 5.06 Å². The van der Waals surface area contributed by atoms with E-state index in [9.17, 15) is 26.7 Å². The fraction of sp³-hybridized carbons (Fsp3) is 0.235. The van der Waals surface area contributed by atoms with Crippen molar-refractivity contribution in [1.29, 1.82) is 0 Å². The van der Waals surface area contributed by atoms with Crippen LogP contribution < -0.4 is 0 Å². The molecule has 0 spiro atoms. The standard InChI is InChI=1S/C17H14F5NO2/c1-23(25-2)17(24)10-6-3-9(4-7-10)5-8-11-12(18)14(20)16(22)15(21)13(11)19/h3-4,6-7H,5,8H2,1-2H3. The van der Waals surface area contributed by atoms with Crippen LogP contribution in [-0.4, -0.2) is 25.1 Å². The first-order valence-electron chi connectivity index (χ1n) is 7.19. The van der Waals surface area contributed by atoms with E-state index < -0.39 is 40.6 Å². The van der Waals surface area contributed by atoms with Crippen LogP contribution in [0.3, 0.4) is 0 Å². The molecule has 25 heavy (non-hydrogen) atoms. The van der Waals surface area contributed by atoms with Crippen molar-refractivity contribution in [3.8, 4) is 0 Å². The summed E-state index contributed by atoms with van der Waals surface area (Å²) in [4.78, 5) is 16.6. The first-order chi connectivity index (χ1) is 11.8. The predicted octanol–water partition coefficient (Wildman–Crippen LogP) is 3.80. The van der Waals surface area contributed by atoms with Gasteiger partial charge in [0, 0.05) is 18.2 Å². The van der Waals surface area contributed by atoms with E-state index in [2.05, 4.69) is 0 Å². The zero-order chi connectivity index (χ0) is 18.7. The van der Waals surface area contributed by atoms with Crippen LogP contribution >= 0.6 is 0 Å². The molecule has 0 unspecified atom stereocenters. The van der Waals surface area contributed by atoms with Gasteiger partial charge in [0.15, 0.2) is 23.3 Å². The van der Waals surface area contributed by atoms with Crippen molar-refractivity contribution >= 4 is 5.91 Å². The fourth-order valence-electron chi connectivity index (χ4n) is 2.22. The lowest BCUT2D eigenvalue weighted by Crippen LogP contribution is -2.25. The van der Waals surface area contributed by atoms with E-state index in [0.29, 0.717) is 11.1 Å². The molecule has 0 aliphatic rings. The highest BCUT2D eigenvalue weighted by molar-refractivity contribution is 5.93. The number of benzene rings is 2. The summed E-state index contributed by atoms with van der Waals surface area (Å²) >= 11 is 0. The second-order valence-electron chi connectivity index (χ2n) is 5.23. The van der Waals surface area contributed by atoms with Crippen molar-refractivity contribution in [2.75, 3.05) is 14.2 Å². The van der Waals surface area contributed by atoms with E-state index in [1.807, 2.05) is 0 Å². The molecule has 0 heterocycles. The Morgan fingerprint density at radius 1 is 0.880 bits per heavy atom. The van der Waals surface area contributed by atoms with Gasteiger partial charge in [0.1, 0.15) is 0 Å². The molecule has 3 nitrogen and oxygen atoms in total. The van der Waals surface area contributed by atoms with Crippen molar-refractivity contribution in [2.24, 2.45) is 0 Å². The van der Waals surface area contributed by atoms with Gasteiger partial charge in [-0.05, 0) is 30.5 Å². The molecule has 0 radical (unpaired) electrons. The first kappa shape index (κ1) is 18.9. The summed E-state index contributed by atoms with van der Waals surface area (Å²) in [6.07, 6.45) is -0.343. The quantitative estimate of drug-likeness (QED) is 0.352. The van der Waals surface area contributed by atoms with E-state index in [4.69, 9.17) is 4.84 Å². The highest BCUT2D eigenvalue weighted by Gasteiger charge is 2.25. The summed E-state index contributed by atoms with van der Waals surface area (Å²) in [7, 11) is 2.76. The number of amides is 1. The number of hydrogen-bond donors (Lipinski definition) is 0. The number of carbonyl (C=O) groups is 1. The second-order valence-corrected chi connectivity index (χ2v) is 5.23. The highest BCUT2D eigenvalue weighted by Crippen LogP contribution is 2.24. The molecule has 134 valence electrons. The maximum absolute atomic E-state index is 13.6. The Morgan fingerprint density at radius 3 is 1.84 bits per heavy atom. The Kier molecular flexibility index (Phi) is 5.73. The maximum atomic E-state index is 13.6. The van der Waals surface area contributed by atoms with Crippen LogP contribution in [0.5, 0.6) is 0 Å². The Bertz CT molecular complexity index is 764. The lowest BCUT2D eigenvalue weighted by atomic mass is 10.0. The zero-order valence-electron chi connectivity index (χ0n) is 13.4. The number of hydrogen-bond acceptors (Lipinski definition) is 2. The molecule has 8 heteroatoms. The Balaban J connectivity index is 2.16. The fourth-order valence-corrected chi connectivity index (χ4v) is 2.22. The molecule has 0 fully saturated rings. The van der Waals surface area contributed by atoms with Crippen molar-refractivity contribution < 1.29 is 31.6 Å². The number of carbonyl (C=O) groups excluding carboxylic acids is 1. The third-order valence-electron chi connectivity index (χ3n) is 3.73. The minimum absolute atomic E-state index is 0.0347. The topological polar surface area (TPSA) is 29.5 Å². The molecule has 2 rings (SSSR count). The summed E-state index contributed by atoms with van der Waals surface area (Å²) in [5.74, 6) is -10.2. The highest BCUT2D eigenvalue weighted by atomic mass is 19.2. The number of hydroxylamine groups is 2. The van der Waals surface area contributed by atoms with Crippen molar-refractivity contribution in [3.63, 3.8) is 0 Å². The predicted molar refractivity (Wildman–Crippen MR) is 79.2 cm³/mol. The van der Waals surface area contributed by atoms with Crippen LogP contribution in [0.2, 0.25) is 0 Å². The van der Waals surface area contributed by atoms with Gasteiger partial charge < -0.3 is 0 Å². The van der Waals surface area contributed by atoms with Crippen LogP contribution in [-0.2, 0) is 17.7 Å². The van der Waals surface area contributed by atoms with Gasteiger partial charge in [-0.15, -0.1) is 0 Å². The van der Waals surface area contributed by atoms with Gasteiger partial charge in [0.05, 0.1) is 7.11 Å². The molecule has 0 aliphatic heterocycles. The molecule has 0 atom stereocenters. The average molecular weight is 359 g/mol. The molecule has 2 aromatic carbocycles. The van der Waals surface area contributed by atoms with Gasteiger partial charge in [-0.3, -0.25) is 9.63 Å². The Hall–Kier alpha value is -2.48. The average Bonchev–Trinajstić information content (AvgIpc) is 2.64. The van der Waals surface area contributed by atoms with E-state index >= 15 is 0 Å². The number of nitrogens with zero attached hydrogens (tertiary/aromatic N) is 1. The third kappa shape index (κ3) is 3.79. The SMILES string of the molecule is CON(C)C(=O)c1ccc(CCc2c(F)c(F)c(F)c(F)c2F)cc1. The molecular weight excluding hydrogens is 345 g/mol. The molecule has 0 bridgehead atoms. The molecule has 0 saturated heterocycles. The Labute approximate surface area is 140 Å². The lowest BCUT2D eigenvalue weighted by molar-refractivity contribution is -0.0756. The van der Waals surface area contributed by atoms with Gasteiger partial charge in [0.2, 0.25) is 5.82 Å². The summed E-state index contributed by atoms with van der Waals surface area (Å²) in [5, 5.41) is 1.02. The minimum Gasteiger partial charge on any atom is -0.274 e. The van der Waals surface area contributed by atoms with Crippen LogP contribution in [0.15, 0.2) is 24.3 Å². The smallest absolute Gasteiger partial charge is 0.274 e. The van der Waals surface area contributed by atoms with E-state index in [1.54, 1.807) is 0 Å². The van der Waals surface area contributed by atoms with Gasteiger partial charge in [-0.1, -0.05) is 12.1 Å². The van der Waals surface area contributed by atoms with Crippen LogP contribution in [0.1, 0.15) is 21.5 Å². The summed E-state index contributed by atoms with van der Waals surface area (Å²) in [6, 6.07) is 6.02. The van der Waals surface area contributed by atoms with Crippen LogP contribution in [0, 0.1) is 29.1 Å². The van der Waals surface area contributed by atoms with Crippen molar-refractivity contribution in [1.82, 2.24) is 5.06 Å². The number of rotatable bonds is 5. The van der Waals surface area contributed by atoms with E-state index in [-0.39, 0.29) is 12.8 Å².